The Hall–Kier alpha value is -4.15. The normalized spacial score (nSPS) is 13.3. The van der Waals surface area contributed by atoms with E-state index < -0.39 is 17.6 Å². The molecular formula is C27H17BrFN3O4S. The average molecular weight is 578 g/mol. The van der Waals surface area contributed by atoms with Crippen molar-refractivity contribution in [2.24, 2.45) is 0 Å². The number of nitrogens with zero attached hydrogens (tertiary/aromatic N) is 1. The molecule has 2 heterocycles. The van der Waals surface area contributed by atoms with Gasteiger partial charge in [0, 0.05) is 20.7 Å². The number of furan rings is 1. The predicted molar refractivity (Wildman–Crippen MR) is 143 cm³/mol. The highest BCUT2D eigenvalue weighted by atomic mass is 79.9. The van der Waals surface area contributed by atoms with Crippen molar-refractivity contribution in [3.05, 3.63) is 118 Å². The summed E-state index contributed by atoms with van der Waals surface area (Å²) in [6.45, 7) is 0. The molecule has 2 N–H and O–H groups in total. The van der Waals surface area contributed by atoms with E-state index in [0.717, 1.165) is 21.1 Å². The van der Waals surface area contributed by atoms with Gasteiger partial charge in [-0.3, -0.25) is 14.4 Å². The van der Waals surface area contributed by atoms with Crippen LogP contribution in [0.4, 0.5) is 21.5 Å². The van der Waals surface area contributed by atoms with Gasteiger partial charge in [-0.2, -0.15) is 0 Å². The van der Waals surface area contributed by atoms with Crippen molar-refractivity contribution >= 4 is 62.5 Å². The van der Waals surface area contributed by atoms with Crippen molar-refractivity contribution in [2.75, 3.05) is 15.5 Å². The highest BCUT2D eigenvalue weighted by molar-refractivity contribution is 9.10. The highest BCUT2D eigenvalue weighted by Gasteiger charge is 2.40. The first-order chi connectivity index (χ1) is 17.9. The number of hydrogen-bond donors (Lipinski definition) is 2. The second kappa shape index (κ2) is 10.5. The molecule has 3 amide bonds. The van der Waals surface area contributed by atoms with Crippen LogP contribution in [0, 0.1) is 5.82 Å². The number of nitrogens with one attached hydrogen (secondary N) is 2. The molecule has 3 aromatic carbocycles. The molecule has 1 aromatic heterocycles. The largest absolute Gasteiger partial charge is 0.459 e. The van der Waals surface area contributed by atoms with Crippen molar-refractivity contribution in [3.63, 3.8) is 0 Å². The maximum Gasteiger partial charge on any atom is 0.291 e. The summed E-state index contributed by atoms with van der Waals surface area (Å²) in [4.78, 5) is 40.9. The van der Waals surface area contributed by atoms with Crippen molar-refractivity contribution in [3.8, 4) is 0 Å². The fourth-order valence-corrected chi connectivity index (χ4v) is 4.73. The second-order valence-electron chi connectivity index (χ2n) is 7.82. The van der Waals surface area contributed by atoms with Gasteiger partial charge in [-0.15, -0.1) is 0 Å². The number of rotatable bonds is 7. The summed E-state index contributed by atoms with van der Waals surface area (Å²) in [5, 5.41) is 5.80. The Morgan fingerprint density at radius 3 is 2.19 bits per heavy atom. The van der Waals surface area contributed by atoms with Crippen LogP contribution in [0.3, 0.4) is 0 Å². The molecule has 0 spiro atoms. The van der Waals surface area contributed by atoms with Gasteiger partial charge in [-0.05, 0) is 84.9 Å². The number of imide groups is 1. The third-order valence-electron chi connectivity index (χ3n) is 5.32. The van der Waals surface area contributed by atoms with Crippen LogP contribution >= 0.6 is 27.7 Å². The van der Waals surface area contributed by atoms with Gasteiger partial charge in [0.15, 0.2) is 5.76 Å². The molecule has 0 radical (unpaired) electrons. The first kappa shape index (κ1) is 24.5. The number of halogens is 2. The smallest absolute Gasteiger partial charge is 0.291 e. The van der Waals surface area contributed by atoms with Gasteiger partial charge in [0.25, 0.3) is 17.7 Å². The Kier molecular flexibility index (Phi) is 6.93. The van der Waals surface area contributed by atoms with Gasteiger partial charge in [0.1, 0.15) is 16.4 Å². The number of carbonyl (C=O) groups is 3. The standard InChI is InChI=1S/C27H17BrFN3O4S/c28-16-3-7-18(8-4-16)30-23-24(27(35)32(26(23)34)20-11-5-17(29)6-12-20)37-21-13-9-19(10-14-21)31-25(33)22-2-1-15-36-22/h1-15,30H,(H,31,33). The van der Waals surface area contributed by atoms with E-state index in [2.05, 4.69) is 26.6 Å². The van der Waals surface area contributed by atoms with Gasteiger partial charge in [-0.25, -0.2) is 9.29 Å². The quantitative estimate of drug-likeness (QED) is 0.246. The third kappa shape index (κ3) is 5.35. The van der Waals surface area contributed by atoms with Crippen molar-refractivity contribution < 1.29 is 23.2 Å². The lowest BCUT2D eigenvalue weighted by atomic mass is 10.3. The van der Waals surface area contributed by atoms with Gasteiger partial charge >= 0.3 is 0 Å². The van der Waals surface area contributed by atoms with Crippen LogP contribution in [0.15, 0.2) is 116 Å². The second-order valence-corrected chi connectivity index (χ2v) is 9.82. The molecular weight excluding hydrogens is 561 g/mol. The van der Waals surface area contributed by atoms with E-state index in [1.807, 2.05) is 12.1 Å². The van der Waals surface area contributed by atoms with E-state index in [0.29, 0.717) is 16.3 Å². The van der Waals surface area contributed by atoms with Gasteiger partial charge in [0.05, 0.1) is 12.0 Å². The molecule has 4 aromatic rings. The Morgan fingerprint density at radius 2 is 1.54 bits per heavy atom. The summed E-state index contributed by atoms with van der Waals surface area (Å²) in [5.74, 6) is -1.76. The monoisotopic (exact) mass is 577 g/mol. The van der Waals surface area contributed by atoms with Crippen LogP contribution in [-0.2, 0) is 9.59 Å². The van der Waals surface area contributed by atoms with Crippen LogP contribution in [-0.4, -0.2) is 17.7 Å². The Bertz CT molecular complexity index is 1500. The number of anilines is 3. The molecule has 184 valence electrons. The SMILES string of the molecule is O=C(Nc1ccc(SC2=C(Nc3ccc(Br)cc3)C(=O)N(c3ccc(F)cc3)C2=O)cc1)c1ccco1. The minimum atomic E-state index is -0.552. The number of carbonyl (C=O) groups excluding carboxylic acids is 3. The zero-order valence-corrected chi connectivity index (χ0v) is 21.3. The number of thioether (sulfide) groups is 1. The molecule has 7 nitrogen and oxygen atoms in total. The molecule has 37 heavy (non-hydrogen) atoms. The van der Waals surface area contributed by atoms with Crippen LogP contribution in [0.1, 0.15) is 10.6 Å². The maximum absolute atomic E-state index is 13.5. The molecule has 0 unspecified atom stereocenters. The first-order valence-corrected chi connectivity index (χ1v) is 12.5. The zero-order valence-electron chi connectivity index (χ0n) is 18.9. The van der Waals surface area contributed by atoms with Crippen molar-refractivity contribution in [1.82, 2.24) is 0 Å². The molecule has 0 saturated heterocycles. The predicted octanol–water partition coefficient (Wildman–Crippen LogP) is 6.42. The Balaban J connectivity index is 1.42. The van der Waals surface area contributed by atoms with Gasteiger partial charge in [-0.1, -0.05) is 27.7 Å². The molecule has 0 fully saturated rings. The maximum atomic E-state index is 13.5. The molecule has 0 bridgehead atoms. The summed E-state index contributed by atoms with van der Waals surface area (Å²) in [6, 6.07) is 22.3. The number of hydrogen-bond acceptors (Lipinski definition) is 6. The number of benzene rings is 3. The fourth-order valence-electron chi connectivity index (χ4n) is 3.54. The van der Waals surface area contributed by atoms with Gasteiger partial charge < -0.3 is 15.1 Å². The molecule has 0 saturated carbocycles. The van der Waals surface area contributed by atoms with Crippen LogP contribution in [0.5, 0.6) is 0 Å². The summed E-state index contributed by atoms with van der Waals surface area (Å²) in [6.07, 6.45) is 1.41. The van der Waals surface area contributed by atoms with E-state index in [9.17, 15) is 18.8 Å². The van der Waals surface area contributed by atoms with Crippen molar-refractivity contribution in [2.45, 2.75) is 4.90 Å². The summed E-state index contributed by atoms with van der Waals surface area (Å²) in [7, 11) is 0. The van der Waals surface area contributed by atoms with Crippen molar-refractivity contribution in [1.29, 1.82) is 0 Å². The van der Waals surface area contributed by atoms with E-state index in [1.165, 1.54) is 30.5 Å². The molecule has 1 aliphatic heterocycles. The van der Waals surface area contributed by atoms with E-state index >= 15 is 0 Å². The van der Waals surface area contributed by atoms with E-state index in [4.69, 9.17) is 4.42 Å². The van der Waals surface area contributed by atoms with Crippen LogP contribution in [0.2, 0.25) is 0 Å². The number of amides is 3. The lowest BCUT2D eigenvalue weighted by Crippen LogP contribution is -2.32. The summed E-state index contributed by atoms with van der Waals surface area (Å²) < 4.78 is 19.4. The molecule has 0 atom stereocenters. The molecule has 5 rings (SSSR count). The first-order valence-electron chi connectivity index (χ1n) is 10.9. The summed E-state index contributed by atoms with van der Waals surface area (Å²) >= 11 is 4.49. The summed E-state index contributed by atoms with van der Waals surface area (Å²) in [5.41, 5.74) is 1.53. The highest BCUT2D eigenvalue weighted by Crippen LogP contribution is 2.38. The Morgan fingerprint density at radius 1 is 0.865 bits per heavy atom. The minimum absolute atomic E-state index is 0.108. The Labute approximate surface area is 223 Å². The lowest BCUT2D eigenvalue weighted by Gasteiger charge is -2.15. The van der Waals surface area contributed by atoms with E-state index in [-0.39, 0.29) is 28.0 Å². The third-order valence-corrected chi connectivity index (χ3v) is 6.94. The van der Waals surface area contributed by atoms with E-state index in [1.54, 1.807) is 48.5 Å². The molecule has 10 heteroatoms. The molecule has 1 aliphatic rings. The average Bonchev–Trinajstić information content (AvgIpc) is 3.51. The minimum Gasteiger partial charge on any atom is -0.459 e. The van der Waals surface area contributed by atoms with Crippen LogP contribution in [0.25, 0.3) is 0 Å². The fraction of sp³-hybridized carbons (Fsp3) is 0. The molecule has 0 aliphatic carbocycles. The lowest BCUT2D eigenvalue weighted by molar-refractivity contribution is -0.120. The topological polar surface area (TPSA) is 91.7 Å². The zero-order chi connectivity index (χ0) is 25.9. The van der Waals surface area contributed by atoms with Crippen LogP contribution < -0.4 is 15.5 Å². The van der Waals surface area contributed by atoms with Gasteiger partial charge in [0.2, 0.25) is 0 Å².